The summed E-state index contributed by atoms with van der Waals surface area (Å²) >= 11 is 0. The van der Waals surface area contributed by atoms with E-state index >= 15 is 0 Å². The maximum atomic E-state index is 12.7. The van der Waals surface area contributed by atoms with E-state index in [0.29, 0.717) is 32.0 Å². The van der Waals surface area contributed by atoms with E-state index in [1.54, 1.807) is 12.1 Å². The summed E-state index contributed by atoms with van der Waals surface area (Å²) in [6, 6.07) is 11.8. The van der Waals surface area contributed by atoms with Crippen LogP contribution in [0.4, 0.5) is 24.5 Å². The first-order chi connectivity index (χ1) is 12.9. The predicted octanol–water partition coefficient (Wildman–Crippen LogP) is 3.56. The predicted molar refractivity (Wildman–Crippen MR) is 95.0 cm³/mol. The van der Waals surface area contributed by atoms with Crippen molar-refractivity contribution in [1.82, 2.24) is 0 Å². The van der Waals surface area contributed by atoms with E-state index < -0.39 is 24.3 Å². The summed E-state index contributed by atoms with van der Waals surface area (Å²) in [6.07, 6.45) is -4.46. The minimum Gasteiger partial charge on any atom is -0.484 e. The Labute approximate surface area is 154 Å². The molecule has 3 rings (SSSR count). The number of amides is 1. The molecule has 0 bridgehead atoms. The van der Waals surface area contributed by atoms with Gasteiger partial charge in [0.05, 0.1) is 30.2 Å². The molecule has 0 aromatic heterocycles. The molecular formula is C19H19F3N2O3. The number of benzene rings is 2. The van der Waals surface area contributed by atoms with Gasteiger partial charge in [0.2, 0.25) is 0 Å². The van der Waals surface area contributed by atoms with Crippen LogP contribution in [-0.2, 0) is 15.7 Å². The van der Waals surface area contributed by atoms with Gasteiger partial charge in [0.1, 0.15) is 5.75 Å². The van der Waals surface area contributed by atoms with Gasteiger partial charge in [-0.2, -0.15) is 13.2 Å². The molecule has 2 aromatic rings. The molecule has 2 aromatic carbocycles. The Hall–Kier alpha value is -2.74. The average molecular weight is 380 g/mol. The van der Waals surface area contributed by atoms with Crippen LogP contribution in [0.5, 0.6) is 5.75 Å². The van der Waals surface area contributed by atoms with Gasteiger partial charge in [0, 0.05) is 13.1 Å². The number of para-hydroxylation sites is 2. The molecule has 1 saturated heterocycles. The number of halogens is 3. The second-order valence-electron chi connectivity index (χ2n) is 5.98. The highest BCUT2D eigenvalue weighted by Crippen LogP contribution is 2.31. The Morgan fingerprint density at radius 2 is 1.85 bits per heavy atom. The fraction of sp³-hybridized carbons (Fsp3) is 0.316. The molecule has 0 unspecified atom stereocenters. The lowest BCUT2D eigenvalue weighted by Gasteiger charge is -2.30. The molecule has 0 aliphatic carbocycles. The fourth-order valence-electron chi connectivity index (χ4n) is 2.76. The number of hydrogen-bond donors (Lipinski definition) is 1. The number of morpholine rings is 1. The van der Waals surface area contributed by atoms with Crippen molar-refractivity contribution in [3.05, 3.63) is 54.1 Å². The van der Waals surface area contributed by atoms with Crippen molar-refractivity contribution in [3.8, 4) is 5.75 Å². The van der Waals surface area contributed by atoms with E-state index in [9.17, 15) is 18.0 Å². The van der Waals surface area contributed by atoms with Crippen molar-refractivity contribution in [2.75, 3.05) is 43.1 Å². The summed E-state index contributed by atoms with van der Waals surface area (Å²) in [5.74, 6) is -0.463. The Morgan fingerprint density at radius 3 is 2.59 bits per heavy atom. The highest BCUT2D eigenvalue weighted by Gasteiger charge is 2.30. The van der Waals surface area contributed by atoms with Gasteiger partial charge in [-0.05, 0) is 30.3 Å². The third kappa shape index (κ3) is 5.13. The number of nitrogens with zero attached hydrogens (tertiary/aromatic N) is 1. The van der Waals surface area contributed by atoms with Crippen molar-refractivity contribution < 1.29 is 27.4 Å². The minimum atomic E-state index is -4.46. The number of anilines is 2. The maximum Gasteiger partial charge on any atom is 0.416 e. The highest BCUT2D eigenvalue weighted by atomic mass is 19.4. The molecule has 8 heteroatoms. The molecule has 1 aliphatic heterocycles. The summed E-state index contributed by atoms with van der Waals surface area (Å²) < 4.78 is 48.7. The monoisotopic (exact) mass is 380 g/mol. The quantitative estimate of drug-likeness (QED) is 0.862. The van der Waals surface area contributed by atoms with E-state index in [1.165, 1.54) is 12.1 Å². The standard InChI is InChI=1S/C19H19F3N2O3/c20-19(21,22)14-4-3-5-15(12-14)27-13-18(25)23-16-6-1-2-7-17(16)24-8-10-26-11-9-24/h1-7,12H,8-11,13H2,(H,23,25). The van der Waals surface area contributed by atoms with Gasteiger partial charge in [-0.1, -0.05) is 18.2 Å². The molecule has 0 spiro atoms. The van der Waals surface area contributed by atoms with Crippen LogP contribution in [0.3, 0.4) is 0 Å². The average Bonchev–Trinajstić information content (AvgIpc) is 2.67. The van der Waals surface area contributed by atoms with Crippen molar-refractivity contribution in [1.29, 1.82) is 0 Å². The maximum absolute atomic E-state index is 12.7. The number of carbonyl (C=O) groups excluding carboxylic acids is 1. The van der Waals surface area contributed by atoms with Crippen LogP contribution < -0.4 is 15.0 Å². The van der Waals surface area contributed by atoms with Gasteiger partial charge in [-0.3, -0.25) is 4.79 Å². The smallest absolute Gasteiger partial charge is 0.416 e. The normalized spacial score (nSPS) is 14.7. The van der Waals surface area contributed by atoms with E-state index in [4.69, 9.17) is 9.47 Å². The Bertz CT molecular complexity index is 790. The zero-order valence-corrected chi connectivity index (χ0v) is 14.5. The molecule has 1 amide bonds. The molecule has 0 saturated carbocycles. The van der Waals surface area contributed by atoms with Gasteiger partial charge in [-0.25, -0.2) is 0 Å². The van der Waals surface area contributed by atoms with Crippen LogP contribution in [0, 0.1) is 0 Å². The van der Waals surface area contributed by atoms with E-state index in [0.717, 1.165) is 17.8 Å². The second kappa shape index (κ2) is 8.30. The molecule has 0 atom stereocenters. The zero-order valence-electron chi connectivity index (χ0n) is 14.5. The first kappa shape index (κ1) is 19.0. The van der Waals surface area contributed by atoms with E-state index in [-0.39, 0.29) is 5.75 Å². The number of carbonyl (C=O) groups is 1. The molecule has 5 nitrogen and oxygen atoms in total. The molecule has 1 N–H and O–H groups in total. The topological polar surface area (TPSA) is 50.8 Å². The van der Waals surface area contributed by atoms with Crippen LogP contribution in [-0.4, -0.2) is 38.8 Å². The lowest BCUT2D eigenvalue weighted by Crippen LogP contribution is -2.37. The van der Waals surface area contributed by atoms with Gasteiger partial charge < -0.3 is 19.7 Å². The van der Waals surface area contributed by atoms with E-state index in [2.05, 4.69) is 10.2 Å². The Morgan fingerprint density at radius 1 is 1.11 bits per heavy atom. The van der Waals surface area contributed by atoms with E-state index in [1.807, 2.05) is 12.1 Å². The summed E-state index contributed by atoms with van der Waals surface area (Å²) in [5.41, 5.74) is 0.670. The van der Waals surface area contributed by atoms with Gasteiger partial charge in [0.25, 0.3) is 5.91 Å². The molecule has 1 aliphatic rings. The molecule has 27 heavy (non-hydrogen) atoms. The summed E-state index contributed by atoms with van der Waals surface area (Å²) in [5, 5.41) is 2.75. The lowest BCUT2D eigenvalue weighted by atomic mass is 10.2. The number of ether oxygens (including phenoxy) is 2. The van der Waals surface area contributed by atoms with Gasteiger partial charge in [0.15, 0.2) is 6.61 Å². The minimum absolute atomic E-state index is 0.0126. The molecule has 144 valence electrons. The second-order valence-corrected chi connectivity index (χ2v) is 5.98. The summed E-state index contributed by atoms with van der Waals surface area (Å²) in [7, 11) is 0. The summed E-state index contributed by atoms with van der Waals surface area (Å²) in [4.78, 5) is 14.3. The van der Waals surface area contributed by atoms with Gasteiger partial charge in [-0.15, -0.1) is 0 Å². The molecular weight excluding hydrogens is 361 g/mol. The number of nitrogens with one attached hydrogen (secondary N) is 1. The van der Waals surface area contributed by atoms with Crippen molar-refractivity contribution in [2.24, 2.45) is 0 Å². The molecule has 1 heterocycles. The Balaban J connectivity index is 1.62. The first-order valence-corrected chi connectivity index (χ1v) is 8.45. The zero-order chi connectivity index (χ0) is 19.3. The van der Waals surface area contributed by atoms with Crippen LogP contribution in [0.25, 0.3) is 0 Å². The number of rotatable bonds is 5. The fourth-order valence-corrected chi connectivity index (χ4v) is 2.76. The lowest BCUT2D eigenvalue weighted by molar-refractivity contribution is -0.137. The largest absolute Gasteiger partial charge is 0.484 e. The third-order valence-corrected chi connectivity index (χ3v) is 4.06. The SMILES string of the molecule is O=C(COc1cccc(C(F)(F)F)c1)Nc1ccccc1N1CCOCC1. The third-order valence-electron chi connectivity index (χ3n) is 4.06. The summed E-state index contributed by atoms with van der Waals surface area (Å²) in [6.45, 7) is 2.27. The van der Waals surface area contributed by atoms with Crippen molar-refractivity contribution in [3.63, 3.8) is 0 Å². The number of alkyl halides is 3. The van der Waals surface area contributed by atoms with Crippen LogP contribution >= 0.6 is 0 Å². The van der Waals surface area contributed by atoms with Crippen LogP contribution in [0.15, 0.2) is 48.5 Å². The van der Waals surface area contributed by atoms with Crippen LogP contribution in [0.2, 0.25) is 0 Å². The van der Waals surface area contributed by atoms with Crippen molar-refractivity contribution in [2.45, 2.75) is 6.18 Å². The number of hydrogen-bond acceptors (Lipinski definition) is 4. The molecule has 1 fully saturated rings. The van der Waals surface area contributed by atoms with Gasteiger partial charge >= 0.3 is 6.18 Å². The van der Waals surface area contributed by atoms with Crippen LogP contribution in [0.1, 0.15) is 5.56 Å². The highest BCUT2D eigenvalue weighted by molar-refractivity contribution is 5.95. The molecule has 0 radical (unpaired) electrons. The first-order valence-electron chi connectivity index (χ1n) is 8.45. The van der Waals surface area contributed by atoms with Crippen molar-refractivity contribution >= 4 is 17.3 Å². The Kier molecular flexibility index (Phi) is 5.85.